The van der Waals surface area contributed by atoms with E-state index >= 15 is 0 Å². The van der Waals surface area contributed by atoms with E-state index in [1.54, 1.807) is 0 Å². The van der Waals surface area contributed by atoms with Crippen molar-refractivity contribution in [1.29, 1.82) is 0 Å². The van der Waals surface area contributed by atoms with Crippen molar-refractivity contribution in [1.82, 2.24) is 9.96 Å². The summed E-state index contributed by atoms with van der Waals surface area (Å²) in [6.07, 6.45) is 1.79. The van der Waals surface area contributed by atoms with Crippen LogP contribution in [0.5, 0.6) is 0 Å². The summed E-state index contributed by atoms with van der Waals surface area (Å²) in [5.74, 6) is 0. The number of carbonyl (C=O) groups is 2. The largest absolute Gasteiger partial charge is 0.421 e. The number of amides is 4. The van der Waals surface area contributed by atoms with Crippen molar-refractivity contribution in [2.24, 2.45) is 11.5 Å². The summed E-state index contributed by atoms with van der Waals surface area (Å²) < 4.78 is 5.40. The van der Waals surface area contributed by atoms with E-state index in [4.69, 9.17) is 15.9 Å². The van der Waals surface area contributed by atoms with E-state index in [0.717, 1.165) is 12.8 Å². The Hall–Kier alpha value is -1.28. The number of nitrogens with two attached hydrogens (primary N) is 2. The number of nitrogens with one attached hydrogen (secondary N) is 2. The third-order valence-corrected chi connectivity index (χ3v) is 4.98. The first-order chi connectivity index (χ1) is 6.54. The number of hydrogen-bond donors (Lipinski definition) is 4. The molecule has 0 bridgehead atoms. The number of carbonyl (C=O) groups excluding carboxylic acids is 2. The van der Waals surface area contributed by atoms with E-state index in [-0.39, 0.29) is 0 Å². The molecule has 1 heterocycles. The van der Waals surface area contributed by atoms with E-state index in [9.17, 15) is 9.59 Å². The summed E-state index contributed by atoms with van der Waals surface area (Å²) in [6.45, 7) is 0.507. The van der Waals surface area contributed by atoms with Crippen molar-refractivity contribution >= 4 is 20.7 Å². The minimum absolute atomic E-state index is 0.507. The van der Waals surface area contributed by atoms with Crippen molar-refractivity contribution in [2.45, 2.75) is 18.9 Å². The summed E-state index contributed by atoms with van der Waals surface area (Å²) in [4.78, 5) is 26.4. The lowest BCUT2D eigenvalue weighted by atomic mass is 10.4. The highest BCUT2D eigenvalue weighted by molar-refractivity contribution is 6.73. The van der Waals surface area contributed by atoms with Crippen LogP contribution in [0.1, 0.15) is 12.8 Å². The van der Waals surface area contributed by atoms with Crippen LogP contribution in [0, 0.1) is 0 Å². The Morgan fingerprint density at radius 1 is 1.14 bits per heavy atom. The van der Waals surface area contributed by atoms with Crippen molar-refractivity contribution in [3.8, 4) is 0 Å². The van der Waals surface area contributed by atoms with Crippen molar-refractivity contribution in [3.05, 3.63) is 0 Å². The molecule has 4 amide bonds. The maximum Gasteiger partial charge on any atom is 0.421 e. The molecule has 14 heavy (non-hydrogen) atoms. The molecule has 0 saturated carbocycles. The van der Waals surface area contributed by atoms with E-state index in [0.29, 0.717) is 12.7 Å². The average Bonchev–Trinajstić information content (AvgIpc) is 2.01. The van der Waals surface area contributed by atoms with E-state index in [1.165, 1.54) is 0 Å². The Morgan fingerprint density at radius 3 is 2.07 bits per heavy atom. The van der Waals surface area contributed by atoms with Crippen molar-refractivity contribution in [2.75, 3.05) is 6.61 Å². The Balaban J connectivity index is 2.66. The molecule has 0 aliphatic carbocycles. The third-order valence-electron chi connectivity index (χ3n) is 1.92. The first-order valence-electron chi connectivity index (χ1n) is 4.33. The molecular weight excluding hydrogens is 204 g/mol. The van der Waals surface area contributed by atoms with E-state index in [2.05, 4.69) is 9.96 Å². The molecule has 0 unspecified atom stereocenters. The van der Waals surface area contributed by atoms with Gasteiger partial charge in [0, 0.05) is 12.7 Å². The second-order valence-electron chi connectivity index (χ2n) is 3.11. The Morgan fingerprint density at radius 2 is 1.71 bits per heavy atom. The monoisotopic (exact) mass is 218 g/mol. The molecule has 0 aromatic carbocycles. The Labute approximate surface area is 82.4 Å². The molecule has 1 saturated heterocycles. The van der Waals surface area contributed by atoms with Gasteiger partial charge < -0.3 is 25.9 Å². The molecule has 1 fully saturated rings. The summed E-state index contributed by atoms with van der Waals surface area (Å²) in [5, 5.41) is 0. The van der Waals surface area contributed by atoms with Crippen LogP contribution in [0.3, 0.4) is 0 Å². The van der Waals surface area contributed by atoms with Crippen molar-refractivity contribution in [3.63, 3.8) is 0 Å². The smallest absolute Gasteiger partial charge is 0.383 e. The minimum atomic E-state index is -2.76. The lowest BCUT2D eigenvalue weighted by molar-refractivity contribution is 0.227. The lowest BCUT2D eigenvalue weighted by Gasteiger charge is -2.33. The van der Waals surface area contributed by atoms with Gasteiger partial charge in [0.2, 0.25) is 0 Å². The van der Waals surface area contributed by atoms with Gasteiger partial charge in [0.05, 0.1) is 0 Å². The quantitative estimate of drug-likeness (QED) is 0.448. The minimum Gasteiger partial charge on any atom is -0.383 e. The highest BCUT2D eigenvalue weighted by Gasteiger charge is 2.41. The van der Waals surface area contributed by atoms with Gasteiger partial charge in [-0.3, -0.25) is 0 Å². The molecule has 7 nitrogen and oxygen atoms in total. The summed E-state index contributed by atoms with van der Waals surface area (Å²) in [7, 11) is -2.76. The standard InChI is InChI=1S/C6H14N4O3Si/c7-5(11)9-14(10-6(8)12)4-2-1-3-13-14/h1-4H2,(H3,7,9,11)(H3,8,10,12). The van der Waals surface area contributed by atoms with Gasteiger partial charge in [0.1, 0.15) is 0 Å². The van der Waals surface area contributed by atoms with Gasteiger partial charge in [-0.1, -0.05) is 0 Å². The van der Waals surface area contributed by atoms with Gasteiger partial charge in [0.25, 0.3) is 0 Å². The van der Waals surface area contributed by atoms with Crippen LogP contribution in [0.4, 0.5) is 9.59 Å². The third kappa shape index (κ3) is 2.89. The van der Waals surface area contributed by atoms with Gasteiger partial charge in [-0.15, -0.1) is 0 Å². The first-order valence-corrected chi connectivity index (χ1v) is 6.45. The molecule has 8 heteroatoms. The fraction of sp³-hybridized carbons (Fsp3) is 0.667. The predicted molar refractivity (Wildman–Crippen MR) is 51.2 cm³/mol. The molecule has 0 aromatic rings. The normalized spacial score (nSPS) is 19.7. The Bertz CT molecular complexity index is 223. The van der Waals surface area contributed by atoms with E-state index in [1.807, 2.05) is 0 Å². The fourth-order valence-corrected chi connectivity index (χ4v) is 4.06. The van der Waals surface area contributed by atoms with Crippen LogP contribution >= 0.6 is 0 Å². The summed E-state index contributed by atoms with van der Waals surface area (Å²) in [5.41, 5.74) is 9.99. The molecule has 0 radical (unpaired) electrons. The number of rotatable bonds is 2. The molecule has 0 atom stereocenters. The lowest BCUT2D eigenvalue weighted by Crippen LogP contribution is -2.70. The zero-order valence-electron chi connectivity index (χ0n) is 7.71. The number of hydrogen-bond acceptors (Lipinski definition) is 3. The summed E-state index contributed by atoms with van der Waals surface area (Å²) >= 11 is 0. The molecule has 6 N–H and O–H groups in total. The van der Waals surface area contributed by atoms with Gasteiger partial charge in [0.15, 0.2) is 0 Å². The fourth-order valence-electron chi connectivity index (χ4n) is 1.42. The maximum atomic E-state index is 10.7. The molecule has 0 aromatic heterocycles. The van der Waals surface area contributed by atoms with Crippen LogP contribution < -0.4 is 21.4 Å². The van der Waals surface area contributed by atoms with Gasteiger partial charge >= 0.3 is 20.7 Å². The number of primary amides is 2. The Kier molecular flexibility index (Phi) is 3.31. The molecule has 0 spiro atoms. The molecule has 1 aliphatic heterocycles. The van der Waals surface area contributed by atoms with E-state index < -0.39 is 20.7 Å². The maximum absolute atomic E-state index is 10.7. The van der Waals surface area contributed by atoms with Gasteiger partial charge in [-0.2, -0.15) is 0 Å². The van der Waals surface area contributed by atoms with Gasteiger partial charge in [-0.25, -0.2) is 9.59 Å². The van der Waals surface area contributed by atoms with Crippen LogP contribution in [-0.2, 0) is 4.43 Å². The first kappa shape index (κ1) is 10.8. The molecule has 80 valence electrons. The second kappa shape index (κ2) is 4.29. The van der Waals surface area contributed by atoms with Crippen LogP contribution in [-0.4, -0.2) is 27.3 Å². The van der Waals surface area contributed by atoms with Crippen LogP contribution in [0.25, 0.3) is 0 Å². The highest BCUT2D eigenvalue weighted by Crippen LogP contribution is 2.16. The molecular formula is C6H14N4O3Si. The molecule has 1 aliphatic rings. The molecule has 1 rings (SSSR count). The average molecular weight is 218 g/mol. The van der Waals surface area contributed by atoms with Gasteiger partial charge in [-0.05, 0) is 12.8 Å². The van der Waals surface area contributed by atoms with Crippen LogP contribution in [0.15, 0.2) is 0 Å². The highest BCUT2D eigenvalue weighted by atomic mass is 28.4. The number of urea groups is 2. The van der Waals surface area contributed by atoms with Crippen LogP contribution in [0.2, 0.25) is 6.04 Å². The summed E-state index contributed by atoms with van der Waals surface area (Å²) in [6, 6.07) is -0.807. The predicted octanol–water partition coefficient (Wildman–Crippen LogP) is -0.928. The topological polar surface area (TPSA) is 119 Å². The zero-order chi connectivity index (χ0) is 10.6. The second-order valence-corrected chi connectivity index (χ2v) is 6.05. The zero-order valence-corrected chi connectivity index (χ0v) is 8.71. The van der Waals surface area contributed by atoms with Crippen molar-refractivity contribution < 1.29 is 14.0 Å². The SMILES string of the molecule is NC(=O)N[Si]1(NC(N)=O)CCCCO1.